The fourth-order valence-corrected chi connectivity index (χ4v) is 4.43. The average Bonchev–Trinajstić information content (AvgIpc) is 3.16. The Morgan fingerprint density at radius 2 is 1.33 bits per heavy atom. The van der Waals surface area contributed by atoms with E-state index in [1.54, 1.807) is 24.3 Å². The van der Waals surface area contributed by atoms with Gasteiger partial charge in [-0.2, -0.15) is 0 Å². The second-order valence-electron chi connectivity index (χ2n) is 8.14. The molecule has 11 heteroatoms. The Labute approximate surface area is 189 Å². The number of likely N-dealkylation sites (tertiary alicyclic amines) is 1. The third-order valence-corrected chi connectivity index (χ3v) is 6.15. The zero-order valence-corrected chi connectivity index (χ0v) is 17.8. The van der Waals surface area contributed by atoms with E-state index in [2.05, 4.69) is 0 Å². The van der Waals surface area contributed by atoms with Crippen molar-refractivity contribution >= 4 is 23.2 Å². The van der Waals surface area contributed by atoms with Crippen molar-refractivity contribution in [1.82, 2.24) is 4.90 Å². The molecule has 4 N–H and O–H groups in total. The second-order valence-corrected chi connectivity index (χ2v) is 8.14. The van der Waals surface area contributed by atoms with Gasteiger partial charge in [0.05, 0.1) is 21.7 Å². The van der Waals surface area contributed by atoms with Crippen molar-refractivity contribution in [2.45, 2.75) is 25.3 Å². The summed E-state index contributed by atoms with van der Waals surface area (Å²) in [6.45, 7) is 0.803. The number of hydrogen-bond donors (Lipinski definition) is 2. The molecule has 33 heavy (non-hydrogen) atoms. The molecular formula is C22H25N5O6. The summed E-state index contributed by atoms with van der Waals surface area (Å²) in [5.74, 6) is -2.62. The average molecular weight is 455 g/mol. The van der Waals surface area contributed by atoms with Gasteiger partial charge < -0.3 is 11.5 Å². The number of rotatable bonds is 10. The van der Waals surface area contributed by atoms with E-state index in [9.17, 15) is 29.8 Å². The van der Waals surface area contributed by atoms with Gasteiger partial charge in [0, 0.05) is 43.4 Å². The van der Waals surface area contributed by atoms with E-state index in [0.717, 1.165) is 11.1 Å². The van der Waals surface area contributed by atoms with Gasteiger partial charge in [-0.05, 0) is 30.4 Å². The highest BCUT2D eigenvalue weighted by Crippen LogP contribution is 2.33. The standard InChI is InChI=1S/C22H25N5O6/c23-21(28)18-13-25(12-11-15-3-8-17(9-4-15)27(32)33)19(20(18)22(24)29)10-5-14-1-6-16(7-2-14)26(30)31/h1-4,6-9,18-20H,5,10-13H2,(H2,23,28)(H2,24,29). The summed E-state index contributed by atoms with van der Waals surface area (Å²) >= 11 is 0. The van der Waals surface area contributed by atoms with Crippen molar-refractivity contribution < 1.29 is 19.4 Å². The first-order chi connectivity index (χ1) is 15.7. The first kappa shape index (κ1) is 23.8. The van der Waals surface area contributed by atoms with E-state index in [1.807, 2.05) is 4.90 Å². The van der Waals surface area contributed by atoms with Crippen molar-refractivity contribution in [3.63, 3.8) is 0 Å². The van der Waals surface area contributed by atoms with Crippen molar-refractivity contribution in [2.24, 2.45) is 23.3 Å². The van der Waals surface area contributed by atoms with Crippen LogP contribution in [0, 0.1) is 32.1 Å². The third kappa shape index (κ3) is 5.69. The van der Waals surface area contributed by atoms with E-state index < -0.39 is 33.5 Å². The molecule has 11 nitrogen and oxygen atoms in total. The quantitative estimate of drug-likeness (QED) is 0.403. The highest BCUT2D eigenvalue weighted by atomic mass is 16.6. The largest absolute Gasteiger partial charge is 0.369 e. The third-order valence-electron chi connectivity index (χ3n) is 6.15. The predicted molar refractivity (Wildman–Crippen MR) is 119 cm³/mol. The maximum absolute atomic E-state index is 12.2. The van der Waals surface area contributed by atoms with Gasteiger partial charge in [-0.1, -0.05) is 24.3 Å². The highest BCUT2D eigenvalue weighted by Gasteiger charge is 2.46. The normalized spacial score (nSPS) is 20.4. The Balaban J connectivity index is 1.74. The minimum absolute atomic E-state index is 0.00322. The summed E-state index contributed by atoms with van der Waals surface area (Å²) in [6.07, 6.45) is 1.60. The van der Waals surface area contributed by atoms with Crippen LogP contribution in [0.5, 0.6) is 0 Å². The second kappa shape index (κ2) is 10.2. The summed E-state index contributed by atoms with van der Waals surface area (Å²) in [5.41, 5.74) is 12.9. The molecule has 2 aromatic carbocycles. The molecule has 2 aromatic rings. The maximum Gasteiger partial charge on any atom is 0.269 e. The molecule has 0 aliphatic carbocycles. The first-order valence-corrected chi connectivity index (χ1v) is 10.5. The number of primary amides is 2. The lowest BCUT2D eigenvalue weighted by molar-refractivity contribution is -0.385. The lowest BCUT2D eigenvalue weighted by atomic mass is 9.86. The van der Waals surface area contributed by atoms with Crippen molar-refractivity contribution in [3.8, 4) is 0 Å². The maximum atomic E-state index is 12.2. The fourth-order valence-electron chi connectivity index (χ4n) is 4.43. The minimum atomic E-state index is -0.739. The van der Waals surface area contributed by atoms with Crippen molar-refractivity contribution in [3.05, 3.63) is 79.9 Å². The Morgan fingerprint density at radius 3 is 1.76 bits per heavy atom. The van der Waals surface area contributed by atoms with Gasteiger partial charge >= 0.3 is 0 Å². The van der Waals surface area contributed by atoms with Crippen LogP contribution in [0.2, 0.25) is 0 Å². The summed E-state index contributed by atoms with van der Waals surface area (Å²) < 4.78 is 0. The number of hydrogen-bond acceptors (Lipinski definition) is 7. The van der Waals surface area contributed by atoms with Gasteiger partial charge in [-0.3, -0.25) is 34.7 Å². The van der Waals surface area contributed by atoms with Crippen LogP contribution < -0.4 is 11.5 Å². The predicted octanol–water partition coefficient (Wildman–Crippen LogP) is 1.57. The van der Waals surface area contributed by atoms with Gasteiger partial charge in [-0.25, -0.2) is 0 Å². The molecule has 0 aromatic heterocycles. The van der Waals surface area contributed by atoms with E-state index in [1.165, 1.54) is 24.3 Å². The highest BCUT2D eigenvalue weighted by molar-refractivity contribution is 5.87. The van der Waals surface area contributed by atoms with Crippen LogP contribution >= 0.6 is 0 Å². The van der Waals surface area contributed by atoms with Crippen LogP contribution in [0.25, 0.3) is 0 Å². The zero-order valence-electron chi connectivity index (χ0n) is 17.8. The molecule has 0 spiro atoms. The smallest absolute Gasteiger partial charge is 0.269 e. The van der Waals surface area contributed by atoms with E-state index in [-0.39, 0.29) is 17.4 Å². The molecule has 0 saturated carbocycles. The van der Waals surface area contributed by atoms with Crippen LogP contribution in [-0.4, -0.2) is 45.7 Å². The molecule has 2 amide bonds. The number of aryl methyl sites for hydroxylation is 1. The summed E-state index contributed by atoms with van der Waals surface area (Å²) in [7, 11) is 0. The fraction of sp³-hybridized carbons (Fsp3) is 0.364. The molecular weight excluding hydrogens is 430 g/mol. The molecule has 3 atom stereocenters. The molecule has 1 fully saturated rings. The Morgan fingerprint density at radius 1 is 0.848 bits per heavy atom. The lowest BCUT2D eigenvalue weighted by Gasteiger charge is -2.27. The molecule has 0 bridgehead atoms. The Hall–Kier alpha value is -3.86. The van der Waals surface area contributed by atoms with Gasteiger partial charge in [0.25, 0.3) is 11.4 Å². The summed E-state index contributed by atoms with van der Waals surface area (Å²) in [4.78, 5) is 47.0. The number of carbonyl (C=O) groups is 2. The van der Waals surface area contributed by atoms with Crippen LogP contribution in [0.3, 0.4) is 0 Å². The zero-order chi connectivity index (χ0) is 24.1. The van der Waals surface area contributed by atoms with Crippen molar-refractivity contribution in [2.75, 3.05) is 13.1 Å². The number of benzene rings is 2. The number of carbonyl (C=O) groups excluding carboxylic acids is 2. The molecule has 3 unspecified atom stereocenters. The molecule has 3 rings (SSSR count). The molecule has 1 aliphatic heterocycles. The van der Waals surface area contributed by atoms with Crippen molar-refractivity contribution in [1.29, 1.82) is 0 Å². The van der Waals surface area contributed by atoms with E-state index >= 15 is 0 Å². The summed E-state index contributed by atoms with van der Waals surface area (Å²) in [5, 5.41) is 21.7. The lowest BCUT2D eigenvalue weighted by Crippen LogP contribution is -2.42. The number of nitro benzene ring substituents is 2. The SMILES string of the molecule is NC(=O)C1CN(CCc2ccc([N+](=O)[O-])cc2)C(CCc2ccc([N+](=O)[O-])cc2)C1C(N)=O. The molecule has 0 radical (unpaired) electrons. The molecule has 1 heterocycles. The molecule has 1 saturated heterocycles. The monoisotopic (exact) mass is 455 g/mol. The van der Waals surface area contributed by atoms with E-state index in [0.29, 0.717) is 32.4 Å². The van der Waals surface area contributed by atoms with Crippen LogP contribution in [-0.2, 0) is 22.4 Å². The molecule has 1 aliphatic rings. The van der Waals surface area contributed by atoms with Crippen LogP contribution in [0.15, 0.2) is 48.5 Å². The van der Waals surface area contributed by atoms with Gasteiger partial charge in [0.1, 0.15) is 0 Å². The number of amides is 2. The minimum Gasteiger partial charge on any atom is -0.369 e. The van der Waals surface area contributed by atoms with Gasteiger partial charge in [0.15, 0.2) is 0 Å². The number of non-ortho nitro benzene ring substituents is 2. The number of nitro groups is 2. The Bertz CT molecular complexity index is 1040. The number of nitrogens with zero attached hydrogens (tertiary/aromatic N) is 3. The van der Waals surface area contributed by atoms with Gasteiger partial charge in [0.2, 0.25) is 11.8 Å². The van der Waals surface area contributed by atoms with E-state index in [4.69, 9.17) is 11.5 Å². The van der Waals surface area contributed by atoms with Crippen LogP contribution in [0.4, 0.5) is 11.4 Å². The Kier molecular flexibility index (Phi) is 7.34. The molecule has 174 valence electrons. The van der Waals surface area contributed by atoms with Crippen LogP contribution in [0.1, 0.15) is 17.5 Å². The summed E-state index contributed by atoms with van der Waals surface area (Å²) in [6, 6.07) is 12.1. The topological polar surface area (TPSA) is 176 Å². The first-order valence-electron chi connectivity index (χ1n) is 10.5. The number of nitrogens with two attached hydrogens (primary N) is 2. The van der Waals surface area contributed by atoms with Gasteiger partial charge in [-0.15, -0.1) is 0 Å².